The van der Waals surface area contributed by atoms with Gasteiger partial charge in [-0.25, -0.2) is 0 Å². The van der Waals surface area contributed by atoms with E-state index in [0.29, 0.717) is 0 Å². The molecule has 0 saturated heterocycles. The fourth-order valence-electron chi connectivity index (χ4n) is 4.73. The van der Waals surface area contributed by atoms with Crippen LogP contribution in [0.5, 0.6) is 11.5 Å². The SMILES string of the molecule is COc1c(C)c(C)c2c(c1C)CCC(C)(CCC=C(C)CCC=C(C)CCC=C(C)C)O2. The van der Waals surface area contributed by atoms with Crippen molar-refractivity contribution in [3.05, 3.63) is 57.2 Å². The molecule has 2 rings (SSSR count). The molecule has 1 aliphatic heterocycles. The molecule has 0 spiro atoms. The number of ether oxygens (including phenoxy) is 2. The number of rotatable bonds is 10. The van der Waals surface area contributed by atoms with Gasteiger partial charge in [-0.05, 0) is 123 Å². The van der Waals surface area contributed by atoms with Gasteiger partial charge in [-0.1, -0.05) is 34.9 Å². The van der Waals surface area contributed by atoms with E-state index < -0.39 is 0 Å². The first-order valence-electron chi connectivity index (χ1n) is 12.4. The van der Waals surface area contributed by atoms with Crippen LogP contribution >= 0.6 is 0 Å². The topological polar surface area (TPSA) is 18.5 Å². The van der Waals surface area contributed by atoms with Crippen LogP contribution in [-0.2, 0) is 6.42 Å². The fraction of sp³-hybridized carbons (Fsp3) is 0.600. The van der Waals surface area contributed by atoms with Crippen LogP contribution in [0.15, 0.2) is 34.9 Å². The van der Waals surface area contributed by atoms with Gasteiger partial charge in [0.2, 0.25) is 0 Å². The lowest BCUT2D eigenvalue weighted by Crippen LogP contribution is -2.37. The van der Waals surface area contributed by atoms with E-state index in [1.165, 1.54) is 45.4 Å². The van der Waals surface area contributed by atoms with E-state index in [-0.39, 0.29) is 5.60 Å². The third-order valence-electron chi connectivity index (χ3n) is 7.06. The lowest BCUT2D eigenvalue weighted by atomic mass is 9.85. The summed E-state index contributed by atoms with van der Waals surface area (Å²) in [4.78, 5) is 0. The Labute approximate surface area is 197 Å². The lowest BCUT2D eigenvalue weighted by Gasteiger charge is -2.38. The second-order valence-electron chi connectivity index (χ2n) is 10.3. The molecule has 1 unspecified atom stereocenters. The van der Waals surface area contributed by atoms with Crippen molar-refractivity contribution in [3.8, 4) is 11.5 Å². The number of benzene rings is 1. The molecule has 0 aromatic heterocycles. The smallest absolute Gasteiger partial charge is 0.127 e. The number of allylic oxidation sites excluding steroid dienone is 6. The average Bonchev–Trinajstić information content (AvgIpc) is 2.72. The second kappa shape index (κ2) is 11.8. The van der Waals surface area contributed by atoms with Crippen LogP contribution in [-0.4, -0.2) is 12.7 Å². The molecule has 1 atom stereocenters. The van der Waals surface area contributed by atoms with Gasteiger partial charge in [-0.2, -0.15) is 0 Å². The van der Waals surface area contributed by atoms with Crippen LogP contribution < -0.4 is 9.47 Å². The van der Waals surface area contributed by atoms with E-state index in [1.54, 1.807) is 7.11 Å². The Bertz CT molecular complexity index is 881. The molecule has 0 N–H and O–H groups in total. The highest BCUT2D eigenvalue weighted by Crippen LogP contribution is 2.44. The monoisotopic (exact) mass is 438 g/mol. The van der Waals surface area contributed by atoms with E-state index in [0.717, 1.165) is 56.4 Å². The Balaban J connectivity index is 1.91. The van der Waals surface area contributed by atoms with E-state index in [2.05, 4.69) is 73.6 Å². The number of hydrogen-bond acceptors (Lipinski definition) is 2. The highest BCUT2D eigenvalue weighted by Gasteiger charge is 2.34. The Morgan fingerprint density at radius 1 is 0.875 bits per heavy atom. The second-order valence-corrected chi connectivity index (χ2v) is 10.3. The first kappa shape index (κ1) is 26.3. The third-order valence-corrected chi connectivity index (χ3v) is 7.06. The van der Waals surface area contributed by atoms with Gasteiger partial charge in [-0.3, -0.25) is 0 Å². The molecule has 0 aliphatic carbocycles. The van der Waals surface area contributed by atoms with Crippen molar-refractivity contribution in [2.24, 2.45) is 0 Å². The summed E-state index contributed by atoms with van der Waals surface area (Å²) in [7, 11) is 1.77. The molecule has 0 amide bonds. The Kier molecular flexibility index (Phi) is 9.67. The predicted octanol–water partition coefficient (Wildman–Crippen LogP) is 8.90. The molecule has 2 nitrogen and oxygen atoms in total. The van der Waals surface area contributed by atoms with Crippen molar-refractivity contribution < 1.29 is 9.47 Å². The first-order chi connectivity index (χ1) is 15.1. The molecule has 0 fully saturated rings. The van der Waals surface area contributed by atoms with Crippen molar-refractivity contribution in [2.45, 2.75) is 112 Å². The molecule has 2 heteroatoms. The predicted molar refractivity (Wildman–Crippen MR) is 139 cm³/mol. The van der Waals surface area contributed by atoms with Crippen molar-refractivity contribution in [1.29, 1.82) is 0 Å². The lowest BCUT2D eigenvalue weighted by molar-refractivity contribution is 0.0558. The van der Waals surface area contributed by atoms with Gasteiger partial charge in [0, 0.05) is 5.56 Å². The van der Waals surface area contributed by atoms with Gasteiger partial charge in [0.05, 0.1) is 7.11 Å². The highest BCUT2D eigenvalue weighted by atomic mass is 16.5. The highest BCUT2D eigenvalue weighted by molar-refractivity contribution is 5.58. The number of fused-ring (bicyclic) bond motifs is 1. The van der Waals surface area contributed by atoms with Crippen LogP contribution in [0.4, 0.5) is 0 Å². The number of hydrogen-bond donors (Lipinski definition) is 0. The molecule has 1 aromatic rings. The standard InChI is InChI=1S/C30H46O2/c1-21(2)13-10-14-22(3)15-11-16-23(4)17-12-19-30(8)20-18-27-26(7)28(31-9)24(5)25(6)29(27)32-30/h13,15,17H,10-12,14,16,18-20H2,1-9H3. The summed E-state index contributed by atoms with van der Waals surface area (Å²) in [6.45, 7) is 17.6. The quantitative estimate of drug-likeness (QED) is 0.339. The summed E-state index contributed by atoms with van der Waals surface area (Å²) < 4.78 is 12.3. The molecule has 0 saturated carbocycles. The summed E-state index contributed by atoms with van der Waals surface area (Å²) >= 11 is 0. The molecule has 0 radical (unpaired) electrons. The summed E-state index contributed by atoms with van der Waals surface area (Å²) in [5.41, 5.74) is 9.33. The average molecular weight is 439 g/mol. The zero-order chi connectivity index (χ0) is 23.9. The molecule has 1 aliphatic rings. The molecule has 0 bridgehead atoms. The minimum absolute atomic E-state index is 0.0938. The van der Waals surface area contributed by atoms with Crippen molar-refractivity contribution in [3.63, 3.8) is 0 Å². The van der Waals surface area contributed by atoms with Gasteiger partial charge in [-0.15, -0.1) is 0 Å². The normalized spacial score (nSPS) is 18.8. The molecular weight excluding hydrogens is 392 g/mol. The molecule has 178 valence electrons. The van der Waals surface area contributed by atoms with Crippen molar-refractivity contribution in [1.82, 2.24) is 0 Å². The Morgan fingerprint density at radius 3 is 2.06 bits per heavy atom. The van der Waals surface area contributed by atoms with Gasteiger partial charge < -0.3 is 9.47 Å². The van der Waals surface area contributed by atoms with Gasteiger partial charge in [0.1, 0.15) is 17.1 Å². The van der Waals surface area contributed by atoms with Crippen LogP contribution in [0.1, 0.15) is 102 Å². The van der Waals surface area contributed by atoms with Crippen LogP contribution in [0.3, 0.4) is 0 Å². The molecule has 1 aromatic carbocycles. The zero-order valence-electron chi connectivity index (χ0n) is 22.2. The molecular formula is C30H46O2. The summed E-state index contributed by atoms with van der Waals surface area (Å²) in [6.07, 6.45) is 16.1. The van der Waals surface area contributed by atoms with Gasteiger partial charge in [0.25, 0.3) is 0 Å². The minimum Gasteiger partial charge on any atom is -0.496 e. The Hall–Kier alpha value is -1.96. The third kappa shape index (κ3) is 7.02. The number of methoxy groups -OCH3 is 1. The molecule has 32 heavy (non-hydrogen) atoms. The largest absolute Gasteiger partial charge is 0.496 e. The van der Waals surface area contributed by atoms with Crippen LogP contribution in [0, 0.1) is 20.8 Å². The summed E-state index contributed by atoms with van der Waals surface area (Å²) in [5, 5.41) is 0. The van der Waals surface area contributed by atoms with Crippen molar-refractivity contribution >= 4 is 0 Å². The molecule has 1 heterocycles. The summed E-state index contributed by atoms with van der Waals surface area (Å²) in [6, 6.07) is 0. The zero-order valence-corrected chi connectivity index (χ0v) is 22.2. The maximum absolute atomic E-state index is 6.66. The van der Waals surface area contributed by atoms with E-state index in [1.807, 2.05) is 0 Å². The van der Waals surface area contributed by atoms with Gasteiger partial charge in [0.15, 0.2) is 0 Å². The Morgan fingerprint density at radius 2 is 1.47 bits per heavy atom. The fourth-order valence-corrected chi connectivity index (χ4v) is 4.73. The van der Waals surface area contributed by atoms with Crippen molar-refractivity contribution in [2.75, 3.05) is 7.11 Å². The summed E-state index contributed by atoms with van der Waals surface area (Å²) in [5.74, 6) is 2.12. The van der Waals surface area contributed by atoms with E-state index in [9.17, 15) is 0 Å². The maximum Gasteiger partial charge on any atom is 0.127 e. The maximum atomic E-state index is 6.66. The first-order valence-corrected chi connectivity index (χ1v) is 12.4. The van der Waals surface area contributed by atoms with E-state index in [4.69, 9.17) is 9.47 Å². The van der Waals surface area contributed by atoms with E-state index >= 15 is 0 Å². The van der Waals surface area contributed by atoms with Gasteiger partial charge >= 0.3 is 0 Å². The van der Waals surface area contributed by atoms with Crippen LogP contribution in [0.2, 0.25) is 0 Å². The minimum atomic E-state index is -0.0938. The van der Waals surface area contributed by atoms with Crippen LogP contribution in [0.25, 0.3) is 0 Å².